The number of rotatable bonds is 3. The number of ether oxygens (including phenoxy) is 1. The van der Waals surface area contributed by atoms with Crippen LogP contribution >= 0.6 is 11.6 Å². The van der Waals surface area contributed by atoms with E-state index in [2.05, 4.69) is 10.3 Å². The second-order valence-electron chi connectivity index (χ2n) is 3.51. The molecule has 2 aromatic rings. The Balaban J connectivity index is 2.25. The van der Waals surface area contributed by atoms with Crippen LogP contribution < -0.4 is 10.1 Å². The van der Waals surface area contributed by atoms with Gasteiger partial charge in [-0.25, -0.2) is 4.98 Å². The third kappa shape index (κ3) is 2.70. The fourth-order valence-electron chi connectivity index (χ4n) is 1.40. The Morgan fingerprint density at radius 3 is 2.78 bits per heavy atom. The van der Waals surface area contributed by atoms with E-state index in [1.807, 2.05) is 6.07 Å². The van der Waals surface area contributed by atoms with Crippen molar-refractivity contribution in [3.8, 4) is 11.8 Å². The molecule has 5 heteroatoms. The van der Waals surface area contributed by atoms with E-state index in [1.54, 1.807) is 37.4 Å². The molecule has 1 aromatic heterocycles. The summed E-state index contributed by atoms with van der Waals surface area (Å²) < 4.78 is 5.12. The molecule has 1 aromatic carbocycles. The predicted octanol–water partition coefficient (Wildman–Crippen LogP) is 3.36. The Labute approximate surface area is 110 Å². The number of benzene rings is 1. The summed E-state index contributed by atoms with van der Waals surface area (Å²) in [5.74, 6) is 1.32. The highest BCUT2D eigenvalue weighted by Gasteiger charge is 2.03. The number of pyridine rings is 1. The van der Waals surface area contributed by atoms with Gasteiger partial charge in [-0.3, -0.25) is 0 Å². The molecule has 0 aliphatic rings. The number of nitrogens with one attached hydrogen (secondary N) is 1. The molecule has 0 amide bonds. The molecule has 0 saturated carbocycles. The third-order valence-electron chi connectivity index (χ3n) is 2.33. The zero-order chi connectivity index (χ0) is 13.0. The maximum atomic E-state index is 8.68. The Morgan fingerprint density at radius 2 is 2.17 bits per heavy atom. The van der Waals surface area contributed by atoms with Gasteiger partial charge in [0.15, 0.2) is 0 Å². The first kappa shape index (κ1) is 12.2. The SMILES string of the molecule is COc1ccc(Cl)c(Nc2ccc(C#N)cn2)c1. The first-order chi connectivity index (χ1) is 8.72. The van der Waals surface area contributed by atoms with Crippen LogP contribution in [0.4, 0.5) is 11.5 Å². The van der Waals surface area contributed by atoms with Crippen molar-refractivity contribution in [3.63, 3.8) is 0 Å². The lowest BCUT2D eigenvalue weighted by Gasteiger charge is -2.09. The van der Waals surface area contributed by atoms with Crippen LogP contribution in [0.1, 0.15) is 5.56 Å². The first-order valence-electron chi connectivity index (χ1n) is 5.19. The maximum Gasteiger partial charge on any atom is 0.130 e. The highest BCUT2D eigenvalue weighted by atomic mass is 35.5. The van der Waals surface area contributed by atoms with Crippen molar-refractivity contribution in [1.29, 1.82) is 5.26 Å². The Morgan fingerprint density at radius 1 is 1.33 bits per heavy atom. The molecule has 0 unspecified atom stereocenters. The van der Waals surface area contributed by atoms with Gasteiger partial charge < -0.3 is 10.1 Å². The number of hydrogen-bond acceptors (Lipinski definition) is 4. The average Bonchev–Trinajstić information content (AvgIpc) is 2.42. The fraction of sp³-hybridized carbons (Fsp3) is 0.0769. The molecule has 90 valence electrons. The summed E-state index contributed by atoms with van der Waals surface area (Å²) in [6.07, 6.45) is 1.50. The van der Waals surface area contributed by atoms with Gasteiger partial charge in [0.1, 0.15) is 17.6 Å². The minimum absolute atomic E-state index is 0.511. The molecule has 18 heavy (non-hydrogen) atoms. The average molecular weight is 260 g/mol. The summed E-state index contributed by atoms with van der Waals surface area (Å²) in [6.45, 7) is 0. The molecular formula is C13H10ClN3O. The van der Waals surface area contributed by atoms with Crippen molar-refractivity contribution in [2.45, 2.75) is 0 Å². The Bertz CT molecular complexity index is 590. The van der Waals surface area contributed by atoms with Crippen LogP contribution in [0.25, 0.3) is 0 Å². The topological polar surface area (TPSA) is 57.9 Å². The third-order valence-corrected chi connectivity index (χ3v) is 2.66. The van der Waals surface area contributed by atoms with Crippen molar-refractivity contribution in [2.24, 2.45) is 0 Å². The highest BCUT2D eigenvalue weighted by Crippen LogP contribution is 2.28. The number of nitriles is 1. The fourth-order valence-corrected chi connectivity index (χ4v) is 1.56. The molecule has 0 radical (unpaired) electrons. The number of methoxy groups -OCH3 is 1. The number of aromatic nitrogens is 1. The maximum absolute atomic E-state index is 8.68. The Hall–Kier alpha value is -2.25. The van der Waals surface area contributed by atoms with Gasteiger partial charge in [0.25, 0.3) is 0 Å². The van der Waals surface area contributed by atoms with E-state index < -0.39 is 0 Å². The minimum atomic E-state index is 0.511. The molecule has 4 nitrogen and oxygen atoms in total. The van der Waals surface area contributed by atoms with Crippen LogP contribution in [0.2, 0.25) is 5.02 Å². The lowest BCUT2D eigenvalue weighted by atomic mass is 10.3. The van der Waals surface area contributed by atoms with E-state index in [9.17, 15) is 0 Å². The van der Waals surface area contributed by atoms with Crippen molar-refractivity contribution < 1.29 is 4.74 Å². The van der Waals surface area contributed by atoms with Crippen molar-refractivity contribution in [1.82, 2.24) is 4.98 Å². The van der Waals surface area contributed by atoms with Gasteiger partial charge in [-0.05, 0) is 24.3 Å². The molecule has 0 saturated heterocycles. The van der Waals surface area contributed by atoms with Crippen LogP contribution in [-0.2, 0) is 0 Å². The van der Waals surface area contributed by atoms with Gasteiger partial charge in [0.05, 0.1) is 23.4 Å². The summed E-state index contributed by atoms with van der Waals surface area (Å²) in [5, 5.41) is 12.3. The standard InChI is InChI=1S/C13H10ClN3O/c1-18-10-3-4-11(14)12(6-10)17-13-5-2-9(7-15)8-16-13/h2-6,8H,1H3,(H,16,17). The lowest BCUT2D eigenvalue weighted by Crippen LogP contribution is -1.95. The van der Waals surface area contributed by atoms with Crippen molar-refractivity contribution >= 4 is 23.1 Å². The van der Waals surface area contributed by atoms with Crippen LogP contribution in [0.15, 0.2) is 36.5 Å². The molecule has 0 aliphatic heterocycles. The molecule has 0 spiro atoms. The van der Waals surface area contributed by atoms with E-state index >= 15 is 0 Å². The summed E-state index contributed by atoms with van der Waals surface area (Å²) in [4.78, 5) is 4.11. The van der Waals surface area contributed by atoms with Gasteiger partial charge in [-0.15, -0.1) is 0 Å². The molecule has 0 atom stereocenters. The summed E-state index contributed by atoms with van der Waals surface area (Å²) in [7, 11) is 1.59. The number of hydrogen-bond donors (Lipinski definition) is 1. The van der Waals surface area contributed by atoms with Gasteiger partial charge in [0, 0.05) is 12.3 Å². The van der Waals surface area contributed by atoms with Crippen LogP contribution in [0, 0.1) is 11.3 Å². The second kappa shape index (κ2) is 5.39. The monoisotopic (exact) mass is 259 g/mol. The number of nitrogens with zero attached hydrogens (tertiary/aromatic N) is 2. The van der Waals surface area contributed by atoms with Crippen LogP contribution in [0.5, 0.6) is 5.75 Å². The van der Waals surface area contributed by atoms with E-state index in [4.69, 9.17) is 21.6 Å². The molecule has 0 aliphatic carbocycles. The summed E-state index contributed by atoms with van der Waals surface area (Å²) in [6, 6.07) is 10.7. The van der Waals surface area contributed by atoms with Crippen molar-refractivity contribution in [2.75, 3.05) is 12.4 Å². The lowest BCUT2D eigenvalue weighted by molar-refractivity contribution is 0.415. The predicted molar refractivity (Wildman–Crippen MR) is 70.2 cm³/mol. The molecule has 0 bridgehead atoms. The normalized spacial score (nSPS) is 9.61. The zero-order valence-electron chi connectivity index (χ0n) is 9.64. The highest BCUT2D eigenvalue weighted by molar-refractivity contribution is 6.33. The Kier molecular flexibility index (Phi) is 3.66. The molecule has 1 heterocycles. The van der Waals surface area contributed by atoms with Crippen molar-refractivity contribution in [3.05, 3.63) is 47.1 Å². The number of anilines is 2. The summed E-state index contributed by atoms with van der Waals surface area (Å²) in [5.41, 5.74) is 1.21. The van der Waals surface area contributed by atoms with Gasteiger partial charge >= 0.3 is 0 Å². The summed E-state index contributed by atoms with van der Waals surface area (Å²) >= 11 is 6.06. The second-order valence-corrected chi connectivity index (χ2v) is 3.92. The number of halogens is 1. The largest absolute Gasteiger partial charge is 0.497 e. The van der Waals surface area contributed by atoms with Gasteiger partial charge in [-0.1, -0.05) is 11.6 Å². The molecule has 2 rings (SSSR count). The molecule has 1 N–H and O–H groups in total. The minimum Gasteiger partial charge on any atom is -0.497 e. The zero-order valence-corrected chi connectivity index (χ0v) is 10.4. The molecular weight excluding hydrogens is 250 g/mol. The molecule has 0 fully saturated rings. The smallest absolute Gasteiger partial charge is 0.130 e. The first-order valence-corrected chi connectivity index (χ1v) is 5.57. The van der Waals surface area contributed by atoms with Crippen LogP contribution in [0.3, 0.4) is 0 Å². The van der Waals surface area contributed by atoms with Gasteiger partial charge in [-0.2, -0.15) is 5.26 Å². The van der Waals surface area contributed by atoms with E-state index in [-0.39, 0.29) is 0 Å². The van der Waals surface area contributed by atoms with E-state index in [0.717, 1.165) is 0 Å². The quantitative estimate of drug-likeness (QED) is 0.918. The van der Waals surface area contributed by atoms with E-state index in [1.165, 1.54) is 6.20 Å². The van der Waals surface area contributed by atoms with Crippen LogP contribution in [-0.4, -0.2) is 12.1 Å². The van der Waals surface area contributed by atoms with Gasteiger partial charge in [0.2, 0.25) is 0 Å². The van der Waals surface area contributed by atoms with E-state index in [0.29, 0.717) is 27.8 Å².